The van der Waals surface area contributed by atoms with Crippen LogP contribution in [0.2, 0.25) is 0 Å². The van der Waals surface area contributed by atoms with E-state index in [0.29, 0.717) is 31.6 Å². The van der Waals surface area contributed by atoms with Gasteiger partial charge in [-0.25, -0.2) is 9.97 Å². The molecule has 2 aromatic rings. The lowest BCUT2D eigenvalue weighted by Crippen LogP contribution is -2.38. The van der Waals surface area contributed by atoms with E-state index in [1.54, 1.807) is 12.1 Å². The van der Waals surface area contributed by atoms with E-state index in [1.807, 2.05) is 6.07 Å². The summed E-state index contributed by atoms with van der Waals surface area (Å²) in [5, 5.41) is 0. The molecule has 6 nitrogen and oxygen atoms in total. The molecule has 0 spiro atoms. The van der Waals surface area contributed by atoms with E-state index in [-0.39, 0.29) is 17.6 Å². The number of rotatable bonds is 5. The number of carbonyl (C=O) groups excluding carboxylic acids is 1. The van der Waals surface area contributed by atoms with Crippen LogP contribution in [-0.4, -0.2) is 35.6 Å². The van der Waals surface area contributed by atoms with E-state index >= 15 is 0 Å². The molecule has 1 fully saturated rings. The Kier molecular flexibility index (Phi) is 5.06. The Morgan fingerprint density at radius 1 is 1.20 bits per heavy atom. The maximum Gasteiger partial charge on any atom is 0.387 e. The lowest BCUT2D eigenvalue weighted by atomic mass is 9.96. The van der Waals surface area contributed by atoms with E-state index in [0.717, 1.165) is 11.4 Å². The fraction of sp³-hybridized carbons (Fsp3) is 0.353. The highest BCUT2D eigenvalue weighted by atomic mass is 19.3. The third-order valence-electron chi connectivity index (χ3n) is 4.25. The zero-order chi connectivity index (χ0) is 17.8. The number of benzene rings is 1. The summed E-state index contributed by atoms with van der Waals surface area (Å²) >= 11 is 0. The monoisotopic (exact) mass is 348 g/mol. The van der Waals surface area contributed by atoms with Gasteiger partial charge in [0.2, 0.25) is 5.91 Å². The molecule has 8 heteroatoms. The zero-order valence-electron chi connectivity index (χ0n) is 13.4. The van der Waals surface area contributed by atoms with Crippen LogP contribution in [0.1, 0.15) is 12.8 Å². The molecule has 1 aliphatic heterocycles. The smallest absolute Gasteiger partial charge is 0.387 e. The van der Waals surface area contributed by atoms with E-state index in [4.69, 9.17) is 5.73 Å². The van der Waals surface area contributed by atoms with Gasteiger partial charge in [-0.1, -0.05) is 0 Å². The molecule has 1 aromatic heterocycles. The summed E-state index contributed by atoms with van der Waals surface area (Å²) in [6, 6.07) is 8.13. The minimum Gasteiger partial charge on any atom is -0.435 e. The van der Waals surface area contributed by atoms with Gasteiger partial charge in [-0.2, -0.15) is 8.78 Å². The number of hydrogen-bond acceptors (Lipinski definition) is 5. The Labute approximate surface area is 143 Å². The average Bonchev–Trinajstić information content (AvgIpc) is 2.62. The van der Waals surface area contributed by atoms with Crippen molar-refractivity contribution in [2.45, 2.75) is 19.5 Å². The summed E-state index contributed by atoms with van der Waals surface area (Å²) in [6.45, 7) is -1.45. The van der Waals surface area contributed by atoms with Crippen molar-refractivity contribution in [3.05, 3.63) is 36.7 Å². The van der Waals surface area contributed by atoms with Crippen molar-refractivity contribution >= 4 is 11.7 Å². The number of hydrogen-bond donors (Lipinski definition) is 1. The van der Waals surface area contributed by atoms with Crippen molar-refractivity contribution in [1.82, 2.24) is 9.97 Å². The maximum atomic E-state index is 12.2. The van der Waals surface area contributed by atoms with Crippen molar-refractivity contribution < 1.29 is 18.3 Å². The Hall–Kier alpha value is -2.77. The van der Waals surface area contributed by atoms with Gasteiger partial charge in [0, 0.05) is 30.6 Å². The average molecular weight is 348 g/mol. The highest BCUT2D eigenvalue weighted by molar-refractivity contribution is 5.77. The summed E-state index contributed by atoms with van der Waals surface area (Å²) in [7, 11) is 0. The van der Waals surface area contributed by atoms with Gasteiger partial charge < -0.3 is 15.4 Å². The second-order valence-corrected chi connectivity index (χ2v) is 5.83. The van der Waals surface area contributed by atoms with Crippen LogP contribution >= 0.6 is 0 Å². The SMILES string of the molecule is NC(=O)C1CCN(c2cc(-c3ccc(OC(F)F)cc3)ncn2)CC1. The molecule has 0 bridgehead atoms. The van der Waals surface area contributed by atoms with Gasteiger partial charge in [0.25, 0.3) is 0 Å². The number of nitrogens with zero attached hydrogens (tertiary/aromatic N) is 3. The summed E-state index contributed by atoms with van der Waals surface area (Å²) in [6.07, 6.45) is 2.87. The molecule has 0 radical (unpaired) electrons. The Morgan fingerprint density at radius 2 is 1.88 bits per heavy atom. The number of alkyl halides is 2. The molecular weight excluding hydrogens is 330 g/mol. The fourth-order valence-corrected chi connectivity index (χ4v) is 2.88. The third-order valence-corrected chi connectivity index (χ3v) is 4.25. The second kappa shape index (κ2) is 7.42. The first-order chi connectivity index (χ1) is 12.0. The Morgan fingerprint density at radius 3 is 2.48 bits per heavy atom. The lowest BCUT2D eigenvalue weighted by molar-refractivity contribution is -0.122. The second-order valence-electron chi connectivity index (χ2n) is 5.83. The van der Waals surface area contributed by atoms with Crippen molar-refractivity contribution in [2.24, 2.45) is 11.7 Å². The van der Waals surface area contributed by atoms with Gasteiger partial charge >= 0.3 is 6.61 Å². The number of amides is 1. The number of carbonyl (C=O) groups is 1. The lowest BCUT2D eigenvalue weighted by Gasteiger charge is -2.31. The Balaban J connectivity index is 1.72. The first-order valence-electron chi connectivity index (χ1n) is 7.94. The number of anilines is 1. The number of primary amides is 1. The first kappa shape index (κ1) is 17.1. The van der Waals surface area contributed by atoms with Crippen LogP contribution in [0, 0.1) is 5.92 Å². The van der Waals surface area contributed by atoms with Crippen LogP contribution in [0.5, 0.6) is 5.75 Å². The van der Waals surface area contributed by atoms with Crippen LogP contribution in [0.4, 0.5) is 14.6 Å². The van der Waals surface area contributed by atoms with Crippen molar-refractivity contribution in [3.8, 4) is 17.0 Å². The van der Waals surface area contributed by atoms with E-state index in [9.17, 15) is 13.6 Å². The summed E-state index contributed by atoms with van der Waals surface area (Å²) in [4.78, 5) is 21.9. The molecule has 1 aromatic carbocycles. The quantitative estimate of drug-likeness (QED) is 0.898. The molecular formula is C17H18F2N4O2. The Bertz CT molecular complexity index is 732. The molecule has 3 rings (SSSR count). The van der Waals surface area contributed by atoms with Crippen LogP contribution in [0.15, 0.2) is 36.7 Å². The van der Waals surface area contributed by atoms with Gasteiger partial charge in [0.1, 0.15) is 17.9 Å². The molecule has 2 heterocycles. The number of aromatic nitrogens is 2. The standard InChI is InChI=1S/C17H18F2N4O2/c18-17(19)25-13-3-1-11(2-4-13)14-9-15(22-10-21-14)23-7-5-12(6-8-23)16(20)24/h1-4,9-10,12,17H,5-8H2,(H2,20,24). The topological polar surface area (TPSA) is 81.3 Å². The van der Waals surface area contributed by atoms with Gasteiger partial charge in [-0.05, 0) is 37.1 Å². The summed E-state index contributed by atoms with van der Waals surface area (Å²) in [5.74, 6) is 0.524. The molecule has 0 unspecified atom stereocenters. The van der Waals surface area contributed by atoms with Crippen LogP contribution in [-0.2, 0) is 4.79 Å². The minimum absolute atomic E-state index is 0.0834. The fourth-order valence-electron chi connectivity index (χ4n) is 2.88. The van der Waals surface area contributed by atoms with Crippen LogP contribution in [0.3, 0.4) is 0 Å². The van der Waals surface area contributed by atoms with Gasteiger partial charge in [0.15, 0.2) is 0 Å². The molecule has 2 N–H and O–H groups in total. The molecule has 0 saturated carbocycles. The maximum absolute atomic E-state index is 12.2. The van der Waals surface area contributed by atoms with Crippen molar-refractivity contribution in [3.63, 3.8) is 0 Å². The number of nitrogens with two attached hydrogens (primary N) is 1. The minimum atomic E-state index is -2.85. The molecule has 132 valence electrons. The summed E-state index contributed by atoms with van der Waals surface area (Å²) < 4.78 is 28.7. The highest BCUT2D eigenvalue weighted by Crippen LogP contribution is 2.26. The third kappa shape index (κ3) is 4.20. The van der Waals surface area contributed by atoms with E-state index in [1.165, 1.54) is 18.5 Å². The van der Waals surface area contributed by atoms with Crippen LogP contribution < -0.4 is 15.4 Å². The number of piperidine rings is 1. The molecule has 0 atom stereocenters. The summed E-state index contributed by atoms with van der Waals surface area (Å²) in [5.41, 5.74) is 6.81. The van der Waals surface area contributed by atoms with Crippen molar-refractivity contribution in [2.75, 3.05) is 18.0 Å². The van der Waals surface area contributed by atoms with Crippen molar-refractivity contribution in [1.29, 1.82) is 0 Å². The zero-order valence-corrected chi connectivity index (χ0v) is 13.4. The highest BCUT2D eigenvalue weighted by Gasteiger charge is 2.24. The van der Waals surface area contributed by atoms with E-state index in [2.05, 4.69) is 19.6 Å². The van der Waals surface area contributed by atoms with Gasteiger partial charge in [-0.15, -0.1) is 0 Å². The predicted octanol–water partition coefficient (Wildman–Crippen LogP) is 2.45. The van der Waals surface area contributed by atoms with Gasteiger partial charge in [-0.3, -0.25) is 4.79 Å². The number of halogens is 2. The normalized spacial score (nSPS) is 15.4. The first-order valence-corrected chi connectivity index (χ1v) is 7.94. The molecule has 1 saturated heterocycles. The number of ether oxygens (including phenoxy) is 1. The predicted molar refractivity (Wildman–Crippen MR) is 88.2 cm³/mol. The molecule has 0 aliphatic carbocycles. The molecule has 1 amide bonds. The van der Waals surface area contributed by atoms with Gasteiger partial charge in [0.05, 0.1) is 5.69 Å². The van der Waals surface area contributed by atoms with E-state index < -0.39 is 6.61 Å². The molecule has 1 aliphatic rings. The largest absolute Gasteiger partial charge is 0.435 e. The molecule has 25 heavy (non-hydrogen) atoms. The van der Waals surface area contributed by atoms with Crippen LogP contribution in [0.25, 0.3) is 11.3 Å².